The standard InChI is InChI=1S/C18H24O/c1-4-5-8-14(2)13-17-16-10-7-6-9-15(16)11-12-18(17)19-3/h6-7,9-12,14H,4-5,8,13H2,1-3H3. The van der Waals surface area contributed by atoms with Gasteiger partial charge < -0.3 is 4.74 Å². The normalized spacial score (nSPS) is 12.6. The Labute approximate surface area is 116 Å². The van der Waals surface area contributed by atoms with Crippen LogP contribution >= 0.6 is 0 Å². The van der Waals surface area contributed by atoms with Crippen molar-refractivity contribution in [1.29, 1.82) is 0 Å². The SMILES string of the molecule is CCCCC(C)Cc1c(OC)ccc2ccccc12. The van der Waals surface area contributed by atoms with Crippen molar-refractivity contribution >= 4 is 10.8 Å². The van der Waals surface area contributed by atoms with E-state index in [0.717, 1.165) is 12.2 Å². The van der Waals surface area contributed by atoms with Crippen molar-refractivity contribution in [2.75, 3.05) is 7.11 Å². The summed E-state index contributed by atoms with van der Waals surface area (Å²) in [5.74, 6) is 1.74. The molecule has 1 heteroatoms. The van der Waals surface area contributed by atoms with Crippen molar-refractivity contribution in [2.24, 2.45) is 5.92 Å². The molecule has 0 spiro atoms. The molecule has 1 atom stereocenters. The number of hydrogen-bond acceptors (Lipinski definition) is 1. The van der Waals surface area contributed by atoms with Crippen LogP contribution in [-0.4, -0.2) is 7.11 Å². The Bertz CT molecular complexity index is 530. The van der Waals surface area contributed by atoms with Gasteiger partial charge in [-0.2, -0.15) is 0 Å². The molecule has 0 amide bonds. The summed E-state index contributed by atoms with van der Waals surface area (Å²) in [5, 5.41) is 2.64. The molecule has 0 fully saturated rings. The zero-order chi connectivity index (χ0) is 13.7. The molecule has 0 aliphatic rings. The first-order chi connectivity index (χ1) is 9.26. The fourth-order valence-corrected chi connectivity index (χ4v) is 2.72. The van der Waals surface area contributed by atoms with Crippen LogP contribution in [-0.2, 0) is 6.42 Å². The van der Waals surface area contributed by atoms with Crippen LogP contribution in [0, 0.1) is 5.92 Å². The highest BCUT2D eigenvalue weighted by atomic mass is 16.5. The summed E-state index contributed by atoms with van der Waals surface area (Å²) >= 11 is 0. The van der Waals surface area contributed by atoms with Gasteiger partial charge in [-0.15, -0.1) is 0 Å². The molecule has 1 nitrogen and oxygen atoms in total. The van der Waals surface area contributed by atoms with Gasteiger partial charge in [-0.1, -0.05) is 63.4 Å². The first-order valence-corrected chi connectivity index (χ1v) is 7.30. The quantitative estimate of drug-likeness (QED) is 0.688. The predicted molar refractivity (Wildman–Crippen MR) is 82.9 cm³/mol. The predicted octanol–water partition coefficient (Wildman–Crippen LogP) is 5.22. The smallest absolute Gasteiger partial charge is 0.122 e. The van der Waals surface area contributed by atoms with Gasteiger partial charge in [0.1, 0.15) is 5.75 Å². The van der Waals surface area contributed by atoms with Gasteiger partial charge in [0, 0.05) is 5.56 Å². The van der Waals surface area contributed by atoms with E-state index in [-0.39, 0.29) is 0 Å². The third kappa shape index (κ3) is 3.28. The molecule has 2 aromatic carbocycles. The topological polar surface area (TPSA) is 9.23 Å². The molecule has 2 aromatic rings. The molecule has 0 saturated carbocycles. The molecule has 0 aliphatic carbocycles. The molecule has 1 unspecified atom stereocenters. The summed E-state index contributed by atoms with van der Waals surface area (Å²) in [6.45, 7) is 4.60. The largest absolute Gasteiger partial charge is 0.496 e. The molecule has 0 saturated heterocycles. The van der Waals surface area contributed by atoms with Crippen LogP contribution in [0.2, 0.25) is 0 Å². The Morgan fingerprint density at radius 2 is 1.89 bits per heavy atom. The summed E-state index contributed by atoms with van der Waals surface area (Å²) in [6, 6.07) is 12.8. The van der Waals surface area contributed by atoms with Crippen LogP contribution in [0.15, 0.2) is 36.4 Å². The Hall–Kier alpha value is -1.50. The molecule has 0 bridgehead atoms. The van der Waals surface area contributed by atoms with Crippen molar-refractivity contribution in [1.82, 2.24) is 0 Å². The second-order valence-electron chi connectivity index (χ2n) is 5.42. The number of fused-ring (bicyclic) bond motifs is 1. The highest BCUT2D eigenvalue weighted by Crippen LogP contribution is 2.31. The molecule has 0 heterocycles. The maximum atomic E-state index is 5.56. The lowest BCUT2D eigenvalue weighted by atomic mass is 9.92. The van der Waals surface area contributed by atoms with Gasteiger partial charge in [0.2, 0.25) is 0 Å². The maximum Gasteiger partial charge on any atom is 0.122 e. The van der Waals surface area contributed by atoms with E-state index in [1.807, 2.05) is 0 Å². The van der Waals surface area contributed by atoms with Gasteiger partial charge in [0.15, 0.2) is 0 Å². The van der Waals surface area contributed by atoms with Gasteiger partial charge in [0.05, 0.1) is 7.11 Å². The van der Waals surface area contributed by atoms with E-state index in [1.165, 1.54) is 35.6 Å². The van der Waals surface area contributed by atoms with E-state index < -0.39 is 0 Å². The van der Waals surface area contributed by atoms with Gasteiger partial charge >= 0.3 is 0 Å². The van der Waals surface area contributed by atoms with Gasteiger partial charge in [-0.3, -0.25) is 0 Å². The van der Waals surface area contributed by atoms with Crippen molar-refractivity contribution in [3.05, 3.63) is 42.0 Å². The summed E-state index contributed by atoms with van der Waals surface area (Å²) in [6.07, 6.45) is 4.98. The van der Waals surface area contributed by atoms with Gasteiger partial charge in [0.25, 0.3) is 0 Å². The van der Waals surface area contributed by atoms with Crippen molar-refractivity contribution in [3.63, 3.8) is 0 Å². The summed E-state index contributed by atoms with van der Waals surface area (Å²) in [5.41, 5.74) is 1.37. The highest BCUT2D eigenvalue weighted by Gasteiger charge is 2.11. The fourth-order valence-electron chi connectivity index (χ4n) is 2.72. The number of benzene rings is 2. The van der Waals surface area contributed by atoms with E-state index in [9.17, 15) is 0 Å². The molecule has 2 rings (SSSR count). The van der Waals surface area contributed by atoms with E-state index in [1.54, 1.807) is 7.11 Å². The van der Waals surface area contributed by atoms with Gasteiger partial charge in [-0.25, -0.2) is 0 Å². The Balaban J connectivity index is 2.33. The average molecular weight is 256 g/mol. The Morgan fingerprint density at radius 3 is 2.63 bits per heavy atom. The average Bonchev–Trinajstić information content (AvgIpc) is 2.45. The number of unbranched alkanes of at least 4 members (excludes halogenated alkanes) is 1. The zero-order valence-electron chi connectivity index (χ0n) is 12.3. The van der Waals surface area contributed by atoms with E-state index in [2.05, 4.69) is 50.2 Å². The zero-order valence-corrected chi connectivity index (χ0v) is 12.3. The van der Waals surface area contributed by atoms with E-state index in [0.29, 0.717) is 5.92 Å². The number of hydrogen-bond donors (Lipinski definition) is 0. The molecular formula is C18H24O. The monoisotopic (exact) mass is 256 g/mol. The third-order valence-corrected chi connectivity index (χ3v) is 3.82. The van der Waals surface area contributed by atoms with Crippen LogP contribution in [0.4, 0.5) is 0 Å². The van der Waals surface area contributed by atoms with Crippen LogP contribution in [0.25, 0.3) is 10.8 Å². The lowest BCUT2D eigenvalue weighted by Gasteiger charge is -2.16. The number of rotatable bonds is 6. The third-order valence-electron chi connectivity index (χ3n) is 3.82. The minimum absolute atomic E-state index is 0.708. The van der Waals surface area contributed by atoms with Crippen LogP contribution < -0.4 is 4.74 Å². The Morgan fingerprint density at radius 1 is 1.11 bits per heavy atom. The summed E-state index contributed by atoms with van der Waals surface area (Å²) in [4.78, 5) is 0. The molecular weight excluding hydrogens is 232 g/mol. The van der Waals surface area contributed by atoms with E-state index in [4.69, 9.17) is 4.74 Å². The van der Waals surface area contributed by atoms with Gasteiger partial charge in [-0.05, 0) is 29.2 Å². The minimum atomic E-state index is 0.708. The lowest BCUT2D eigenvalue weighted by molar-refractivity contribution is 0.404. The molecule has 0 N–H and O–H groups in total. The van der Waals surface area contributed by atoms with Crippen LogP contribution in [0.3, 0.4) is 0 Å². The molecule has 19 heavy (non-hydrogen) atoms. The summed E-state index contributed by atoms with van der Waals surface area (Å²) in [7, 11) is 1.77. The maximum absolute atomic E-state index is 5.56. The lowest BCUT2D eigenvalue weighted by Crippen LogP contribution is -2.02. The summed E-state index contributed by atoms with van der Waals surface area (Å²) < 4.78 is 5.56. The first kappa shape index (κ1) is 13.9. The van der Waals surface area contributed by atoms with Crippen molar-refractivity contribution < 1.29 is 4.74 Å². The Kier molecular flexibility index (Phi) is 4.84. The van der Waals surface area contributed by atoms with Crippen LogP contribution in [0.1, 0.15) is 38.7 Å². The minimum Gasteiger partial charge on any atom is -0.496 e. The second kappa shape index (κ2) is 6.60. The van der Waals surface area contributed by atoms with E-state index >= 15 is 0 Å². The molecule has 0 aromatic heterocycles. The van der Waals surface area contributed by atoms with Crippen molar-refractivity contribution in [2.45, 2.75) is 39.5 Å². The molecule has 102 valence electrons. The number of ether oxygens (including phenoxy) is 1. The first-order valence-electron chi connectivity index (χ1n) is 7.30. The molecule has 0 radical (unpaired) electrons. The van der Waals surface area contributed by atoms with Crippen LogP contribution in [0.5, 0.6) is 5.75 Å². The van der Waals surface area contributed by atoms with Crippen molar-refractivity contribution in [3.8, 4) is 5.75 Å². The fraction of sp³-hybridized carbons (Fsp3) is 0.444. The molecule has 0 aliphatic heterocycles. The number of methoxy groups -OCH3 is 1. The highest BCUT2D eigenvalue weighted by molar-refractivity contribution is 5.87. The second-order valence-corrected chi connectivity index (χ2v) is 5.42.